The summed E-state index contributed by atoms with van der Waals surface area (Å²) in [6.45, 7) is 13.2. The summed E-state index contributed by atoms with van der Waals surface area (Å²) in [5, 5.41) is -0.204. The lowest BCUT2D eigenvalue weighted by Crippen LogP contribution is -2.64. The molecule has 3 saturated heterocycles. The average molecular weight is 599 g/mol. The minimum Gasteiger partial charge on any atom is -0.338 e. The zero-order valence-corrected chi connectivity index (χ0v) is 26.0. The van der Waals surface area contributed by atoms with E-state index in [0.717, 1.165) is 62.3 Å². The number of hydrogen-bond donors (Lipinski definition) is 0. The molecule has 0 spiro atoms. The molecule has 1 amide bonds. The van der Waals surface area contributed by atoms with Gasteiger partial charge in [0.05, 0.1) is 22.2 Å². The number of halogens is 1. The molecule has 0 N–H and O–H groups in total. The first-order chi connectivity index (χ1) is 20.0. The number of piperazine rings is 1. The summed E-state index contributed by atoms with van der Waals surface area (Å²) < 4.78 is 41.7. The molecule has 2 aromatic rings. The Bertz CT molecular complexity index is 1420. The van der Waals surface area contributed by atoms with Gasteiger partial charge in [-0.05, 0) is 71.1 Å². The molecule has 2 atom stereocenters. The van der Waals surface area contributed by atoms with Gasteiger partial charge in [-0.15, -0.1) is 0 Å². The van der Waals surface area contributed by atoms with Gasteiger partial charge >= 0.3 is 0 Å². The van der Waals surface area contributed by atoms with Crippen LogP contribution in [0.3, 0.4) is 0 Å². The lowest BCUT2D eigenvalue weighted by Gasteiger charge is -2.55. The molecular weight excluding hydrogens is 555 g/mol. The molecule has 42 heavy (non-hydrogen) atoms. The number of aryl methyl sites for hydroxylation is 2. The molecule has 1 unspecified atom stereocenters. The zero-order chi connectivity index (χ0) is 29.8. The van der Waals surface area contributed by atoms with Crippen molar-refractivity contribution < 1.29 is 17.6 Å². The lowest BCUT2D eigenvalue weighted by atomic mass is 9.84. The molecule has 4 fully saturated rings. The van der Waals surface area contributed by atoms with Crippen molar-refractivity contribution in [1.82, 2.24) is 29.0 Å². The Balaban J connectivity index is 1.12. The van der Waals surface area contributed by atoms with E-state index in [4.69, 9.17) is 0 Å². The minimum absolute atomic E-state index is 0.0158. The van der Waals surface area contributed by atoms with Crippen molar-refractivity contribution in [1.29, 1.82) is 0 Å². The minimum atomic E-state index is -3.20. The van der Waals surface area contributed by atoms with Gasteiger partial charge in [0.15, 0.2) is 0 Å². The maximum atomic E-state index is 14.4. The first-order valence-electron chi connectivity index (χ1n) is 15.3. The third-order valence-corrected chi connectivity index (χ3v) is 12.5. The van der Waals surface area contributed by atoms with Crippen molar-refractivity contribution in [3.63, 3.8) is 0 Å². The van der Waals surface area contributed by atoms with Gasteiger partial charge < -0.3 is 4.90 Å². The third kappa shape index (κ3) is 5.49. The van der Waals surface area contributed by atoms with Gasteiger partial charge in [-0.25, -0.2) is 27.1 Å². The Labute approximate surface area is 249 Å². The van der Waals surface area contributed by atoms with Gasteiger partial charge in [0.25, 0.3) is 5.91 Å². The molecule has 1 aromatic carbocycles. The fraction of sp³-hybridized carbons (Fsp3) is 0.645. The quantitative estimate of drug-likeness (QED) is 0.483. The van der Waals surface area contributed by atoms with Crippen LogP contribution < -0.4 is 0 Å². The van der Waals surface area contributed by atoms with Crippen LogP contribution in [-0.2, 0) is 10.0 Å². The molecule has 0 radical (unpaired) electrons. The third-order valence-electron chi connectivity index (χ3n) is 10.2. The molecule has 1 saturated carbocycles. The van der Waals surface area contributed by atoms with Gasteiger partial charge in [0, 0.05) is 69.4 Å². The summed E-state index contributed by atoms with van der Waals surface area (Å²) in [6, 6.07) is 7.02. The van der Waals surface area contributed by atoms with Crippen LogP contribution >= 0.6 is 0 Å². The van der Waals surface area contributed by atoms with Crippen LogP contribution in [0.2, 0.25) is 0 Å². The molecule has 11 heteroatoms. The molecule has 4 aliphatic rings. The standard InChI is InChI=1S/C31H43FN6O3S/c1-21-17-36(31(4)10-12-35(13-11-31)30(39)28-22(2)33-20-34-23(28)3)14-15-38(21)29(24-6-5-7-26(32)16-24)25-18-37(19-25)42(40,41)27-8-9-27/h5-7,16,20-21,25,27,29H,8-15,17-19H2,1-4H3/t21-,29?/m0/s1. The number of carbonyl (C=O) groups excluding carboxylic acids is 1. The molecule has 0 bridgehead atoms. The molecule has 3 aliphatic heterocycles. The fourth-order valence-electron chi connectivity index (χ4n) is 7.32. The highest BCUT2D eigenvalue weighted by atomic mass is 32.2. The molecule has 6 rings (SSSR count). The van der Waals surface area contributed by atoms with E-state index in [1.165, 1.54) is 12.4 Å². The van der Waals surface area contributed by atoms with E-state index < -0.39 is 10.0 Å². The van der Waals surface area contributed by atoms with Crippen molar-refractivity contribution in [2.24, 2.45) is 5.92 Å². The molecule has 9 nitrogen and oxygen atoms in total. The van der Waals surface area contributed by atoms with Gasteiger partial charge in [0.1, 0.15) is 12.1 Å². The molecule has 228 valence electrons. The van der Waals surface area contributed by atoms with Crippen molar-refractivity contribution in [3.05, 3.63) is 58.9 Å². The first kappa shape index (κ1) is 29.6. The molecule has 1 aliphatic carbocycles. The largest absolute Gasteiger partial charge is 0.338 e. The molecule has 1 aromatic heterocycles. The number of benzene rings is 1. The van der Waals surface area contributed by atoms with E-state index in [9.17, 15) is 17.6 Å². The number of rotatable bonds is 7. The Morgan fingerprint density at radius 2 is 1.69 bits per heavy atom. The maximum Gasteiger partial charge on any atom is 0.257 e. The van der Waals surface area contributed by atoms with Crippen LogP contribution in [0.25, 0.3) is 0 Å². The Hall–Kier alpha value is -2.47. The highest BCUT2D eigenvalue weighted by Gasteiger charge is 2.49. The monoisotopic (exact) mass is 598 g/mol. The normalized spacial score (nSPS) is 25.3. The summed E-state index contributed by atoms with van der Waals surface area (Å²) in [5.74, 6) is -0.109. The second-order valence-corrected chi connectivity index (χ2v) is 15.3. The maximum absolute atomic E-state index is 14.4. The Kier molecular flexibility index (Phi) is 7.91. The Morgan fingerprint density at radius 3 is 2.29 bits per heavy atom. The number of hydrogen-bond acceptors (Lipinski definition) is 7. The topological polar surface area (TPSA) is 90.0 Å². The number of piperidine rings is 1. The predicted octanol–water partition coefficient (Wildman–Crippen LogP) is 3.40. The number of sulfonamides is 1. The van der Waals surface area contributed by atoms with E-state index in [-0.39, 0.29) is 40.5 Å². The van der Waals surface area contributed by atoms with Crippen LogP contribution in [0.1, 0.15) is 72.9 Å². The molecule has 4 heterocycles. The number of aromatic nitrogens is 2. The van der Waals surface area contributed by atoms with E-state index in [1.807, 2.05) is 24.8 Å². The van der Waals surface area contributed by atoms with Crippen LogP contribution in [0, 0.1) is 25.6 Å². The zero-order valence-electron chi connectivity index (χ0n) is 25.2. The van der Waals surface area contributed by atoms with Gasteiger partial charge in [0.2, 0.25) is 10.0 Å². The Morgan fingerprint density at radius 1 is 1.02 bits per heavy atom. The van der Waals surface area contributed by atoms with E-state index in [0.29, 0.717) is 31.7 Å². The summed E-state index contributed by atoms with van der Waals surface area (Å²) in [5.41, 5.74) is 2.97. The number of nitrogens with zero attached hydrogens (tertiary/aromatic N) is 6. The van der Waals surface area contributed by atoms with Crippen molar-refractivity contribution >= 4 is 15.9 Å². The smallest absolute Gasteiger partial charge is 0.257 e. The van der Waals surface area contributed by atoms with Crippen LogP contribution in [0.15, 0.2) is 30.6 Å². The SMILES string of the molecule is Cc1ncnc(C)c1C(=O)N1CCC(C)(N2CCN(C(c3cccc(F)c3)C3CN(S(=O)(=O)C4CC4)C3)[C@@H](C)C2)CC1. The summed E-state index contributed by atoms with van der Waals surface area (Å²) >= 11 is 0. The second-order valence-electron chi connectivity index (χ2n) is 13.1. The second kappa shape index (κ2) is 11.2. The average Bonchev–Trinajstić information content (AvgIpc) is 3.77. The van der Waals surface area contributed by atoms with Gasteiger partial charge in [-0.2, -0.15) is 0 Å². The van der Waals surface area contributed by atoms with Crippen LogP contribution in [-0.4, -0.2) is 106 Å². The van der Waals surface area contributed by atoms with E-state index >= 15 is 0 Å². The highest BCUT2D eigenvalue weighted by molar-refractivity contribution is 7.90. The highest BCUT2D eigenvalue weighted by Crippen LogP contribution is 2.42. The van der Waals surface area contributed by atoms with Crippen LogP contribution in [0.4, 0.5) is 4.39 Å². The summed E-state index contributed by atoms with van der Waals surface area (Å²) in [4.78, 5) is 28.8. The fourth-order valence-corrected chi connectivity index (χ4v) is 9.27. The summed E-state index contributed by atoms with van der Waals surface area (Å²) in [6.07, 6.45) is 4.81. The van der Waals surface area contributed by atoms with Gasteiger partial charge in [-0.3, -0.25) is 14.6 Å². The van der Waals surface area contributed by atoms with Crippen molar-refractivity contribution in [2.45, 2.75) is 76.3 Å². The number of amides is 1. The van der Waals surface area contributed by atoms with Crippen molar-refractivity contribution in [2.75, 3.05) is 45.8 Å². The van der Waals surface area contributed by atoms with E-state index in [1.54, 1.807) is 16.4 Å². The van der Waals surface area contributed by atoms with E-state index in [2.05, 4.69) is 33.6 Å². The summed E-state index contributed by atoms with van der Waals surface area (Å²) in [7, 11) is -3.20. The van der Waals surface area contributed by atoms with Crippen LogP contribution in [0.5, 0.6) is 0 Å². The van der Waals surface area contributed by atoms with Gasteiger partial charge in [-0.1, -0.05) is 12.1 Å². The lowest BCUT2D eigenvalue weighted by molar-refractivity contribution is -0.0492. The molecular formula is C31H43FN6O3S. The van der Waals surface area contributed by atoms with Crippen molar-refractivity contribution in [3.8, 4) is 0 Å². The number of likely N-dealkylation sites (tertiary alicyclic amines) is 1. The predicted molar refractivity (Wildman–Crippen MR) is 159 cm³/mol. The first-order valence-corrected chi connectivity index (χ1v) is 16.8. The number of carbonyl (C=O) groups is 1.